The van der Waals surface area contributed by atoms with Gasteiger partial charge < -0.3 is 20.4 Å². The molecule has 0 heterocycles. The van der Waals surface area contributed by atoms with E-state index in [9.17, 15) is 20.4 Å². The zero-order chi connectivity index (χ0) is 16.1. The number of hydrogen-bond acceptors (Lipinski definition) is 4. The molecule has 0 aliphatic rings. The van der Waals surface area contributed by atoms with Crippen LogP contribution < -0.4 is 0 Å². The third-order valence-corrected chi connectivity index (χ3v) is 3.56. The Morgan fingerprint density at radius 2 is 1.68 bits per heavy atom. The smallest absolute Gasteiger partial charge is 0.157 e. The molecule has 4 N–H and O–H groups in total. The Balaban J connectivity index is 2.29. The van der Waals surface area contributed by atoms with Crippen molar-refractivity contribution in [2.45, 2.75) is 18.9 Å². The van der Waals surface area contributed by atoms with Gasteiger partial charge in [0, 0.05) is 5.92 Å². The van der Waals surface area contributed by atoms with E-state index in [0.29, 0.717) is 5.56 Å². The van der Waals surface area contributed by atoms with E-state index in [4.69, 9.17) is 0 Å². The van der Waals surface area contributed by atoms with Crippen molar-refractivity contribution in [1.29, 1.82) is 0 Å². The van der Waals surface area contributed by atoms with Gasteiger partial charge in [-0.2, -0.15) is 0 Å². The molecule has 0 radical (unpaired) electrons. The van der Waals surface area contributed by atoms with Crippen LogP contribution in [0.2, 0.25) is 0 Å². The third-order valence-electron chi connectivity index (χ3n) is 3.56. The normalized spacial score (nSPS) is 14.1. The first-order chi connectivity index (χ1) is 10.5. The molecule has 0 unspecified atom stereocenters. The summed E-state index contributed by atoms with van der Waals surface area (Å²) < 4.78 is 0. The summed E-state index contributed by atoms with van der Waals surface area (Å²) in [6.45, 7) is 1.61. The molecular formula is C18H20O4. The van der Waals surface area contributed by atoms with Crippen LogP contribution in [0.3, 0.4) is 0 Å². The molecule has 2 rings (SSSR count). The van der Waals surface area contributed by atoms with Gasteiger partial charge in [0.25, 0.3) is 0 Å². The summed E-state index contributed by atoms with van der Waals surface area (Å²) in [7, 11) is 0. The highest BCUT2D eigenvalue weighted by atomic mass is 16.3. The minimum absolute atomic E-state index is 0.219. The van der Waals surface area contributed by atoms with Gasteiger partial charge >= 0.3 is 0 Å². The average Bonchev–Trinajstić information content (AvgIpc) is 2.52. The minimum atomic E-state index is -0.995. The Labute approximate surface area is 129 Å². The Morgan fingerprint density at radius 3 is 2.27 bits per heavy atom. The predicted octanol–water partition coefficient (Wildman–Crippen LogP) is 2.56. The zero-order valence-electron chi connectivity index (χ0n) is 12.3. The summed E-state index contributed by atoms with van der Waals surface area (Å²) in [6, 6.07) is 12.3. The van der Waals surface area contributed by atoms with Crippen LogP contribution in [0.25, 0.3) is 6.08 Å². The molecule has 4 nitrogen and oxygen atoms in total. The summed E-state index contributed by atoms with van der Waals surface area (Å²) in [5.41, 5.74) is 2.75. The summed E-state index contributed by atoms with van der Waals surface area (Å²) in [5.74, 6) is -0.960. The number of aromatic hydroxyl groups is 2. The first kappa shape index (κ1) is 16.1. The second kappa shape index (κ2) is 7.11. The van der Waals surface area contributed by atoms with Gasteiger partial charge in [-0.15, -0.1) is 0 Å². The van der Waals surface area contributed by atoms with Gasteiger partial charge in [0.2, 0.25) is 0 Å². The van der Waals surface area contributed by atoms with Crippen LogP contribution >= 0.6 is 0 Å². The fraction of sp³-hybridized carbons (Fsp3) is 0.222. The fourth-order valence-electron chi connectivity index (χ4n) is 2.22. The number of phenolic OH excluding ortho intramolecular Hbond substituents is 2. The van der Waals surface area contributed by atoms with Gasteiger partial charge in [-0.05, 0) is 30.2 Å². The maximum absolute atomic E-state index is 10.0. The van der Waals surface area contributed by atoms with Crippen molar-refractivity contribution in [2.24, 2.45) is 0 Å². The lowest BCUT2D eigenvalue weighted by Crippen LogP contribution is -2.20. The van der Waals surface area contributed by atoms with Crippen molar-refractivity contribution in [3.8, 4) is 11.5 Å². The molecule has 0 aliphatic carbocycles. The SMILES string of the molecule is Cc1ccc(C=C[C@@H](c2ccc(O)c(O)c2)[C@H](O)CO)cc1. The monoisotopic (exact) mass is 300 g/mol. The molecule has 0 fully saturated rings. The quantitative estimate of drug-likeness (QED) is 0.640. The number of phenols is 2. The molecule has 2 aromatic rings. The Kier molecular flexibility index (Phi) is 5.20. The van der Waals surface area contributed by atoms with Crippen LogP contribution in [0.4, 0.5) is 0 Å². The Hall–Kier alpha value is -2.30. The van der Waals surface area contributed by atoms with Crippen LogP contribution in [-0.2, 0) is 0 Å². The van der Waals surface area contributed by atoms with Gasteiger partial charge in [0.05, 0.1) is 12.7 Å². The molecule has 0 saturated carbocycles. The molecular weight excluding hydrogens is 280 g/mol. The van der Waals surface area contributed by atoms with E-state index in [2.05, 4.69) is 0 Å². The summed E-state index contributed by atoms with van der Waals surface area (Å²) in [6.07, 6.45) is 2.63. The van der Waals surface area contributed by atoms with E-state index in [-0.39, 0.29) is 11.5 Å². The van der Waals surface area contributed by atoms with Crippen LogP contribution in [0.1, 0.15) is 22.6 Å². The van der Waals surface area contributed by atoms with Gasteiger partial charge in [0.15, 0.2) is 11.5 Å². The second-order valence-corrected chi connectivity index (χ2v) is 5.29. The van der Waals surface area contributed by atoms with Crippen LogP contribution in [-0.4, -0.2) is 33.1 Å². The van der Waals surface area contributed by atoms with Gasteiger partial charge in [-0.3, -0.25) is 0 Å². The van der Waals surface area contributed by atoms with Gasteiger partial charge in [-0.25, -0.2) is 0 Å². The first-order valence-corrected chi connectivity index (χ1v) is 7.07. The highest BCUT2D eigenvalue weighted by Gasteiger charge is 2.19. The van der Waals surface area contributed by atoms with E-state index >= 15 is 0 Å². The lowest BCUT2D eigenvalue weighted by atomic mass is 9.92. The third kappa shape index (κ3) is 3.87. The predicted molar refractivity (Wildman–Crippen MR) is 85.8 cm³/mol. The van der Waals surface area contributed by atoms with E-state index < -0.39 is 18.6 Å². The van der Waals surface area contributed by atoms with Crippen molar-refractivity contribution in [3.63, 3.8) is 0 Å². The number of hydrogen-bond donors (Lipinski definition) is 4. The average molecular weight is 300 g/mol. The number of rotatable bonds is 5. The van der Waals surface area contributed by atoms with Crippen LogP contribution in [0.15, 0.2) is 48.5 Å². The fourth-order valence-corrected chi connectivity index (χ4v) is 2.22. The van der Waals surface area contributed by atoms with Crippen molar-refractivity contribution in [1.82, 2.24) is 0 Å². The number of benzene rings is 2. The summed E-state index contributed by atoms with van der Waals surface area (Å²) in [4.78, 5) is 0. The number of aliphatic hydroxyl groups excluding tert-OH is 2. The van der Waals surface area contributed by atoms with Gasteiger partial charge in [0.1, 0.15) is 0 Å². The van der Waals surface area contributed by atoms with Crippen molar-refractivity contribution in [3.05, 3.63) is 65.2 Å². The van der Waals surface area contributed by atoms with Crippen LogP contribution in [0, 0.1) is 6.92 Å². The molecule has 0 saturated heterocycles. The van der Waals surface area contributed by atoms with Gasteiger partial charge in [-0.1, -0.05) is 48.0 Å². The van der Waals surface area contributed by atoms with Crippen LogP contribution in [0.5, 0.6) is 11.5 Å². The lowest BCUT2D eigenvalue weighted by Gasteiger charge is -2.19. The molecule has 0 bridgehead atoms. The topological polar surface area (TPSA) is 80.9 Å². The lowest BCUT2D eigenvalue weighted by molar-refractivity contribution is 0.0842. The molecule has 4 heteroatoms. The molecule has 0 aliphatic heterocycles. The highest BCUT2D eigenvalue weighted by Crippen LogP contribution is 2.31. The number of aryl methyl sites for hydroxylation is 1. The maximum atomic E-state index is 10.0. The van der Waals surface area contributed by atoms with Crippen molar-refractivity contribution in [2.75, 3.05) is 6.61 Å². The van der Waals surface area contributed by atoms with E-state index in [0.717, 1.165) is 11.1 Å². The molecule has 0 amide bonds. The molecule has 22 heavy (non-hydrogen) atoms. The Bertz CT molecular complexity index is 647. The van der Waals surface area contributed by atoms with Crippen molar-refractivity contribution < 1.29 is 20.4 Å². The maximum Gasteiger partial charge on any atom is 0.157 e. The van der Waals surface area contributed by atoms with E-state index in [1.807, 2.05) is 37.3 Å². The highest BCUT2D eigenvalue weighted by molar-refractivity contribution is 5.52. The molecule has 2 aromatic carbocycles. The molecule has 0 aromatic heterocycles. The summed E-state index contributed by atoms with van der Waals surface area (Å²) in [5, 5.41) is 38.2. The molecule has 0 spiro atoms. The minimum Gasteiger partial charge on any atom is -0.504 e. The van der Waals surface area contributed by atoms with E-state index in [1.165, 1.54) is 12.1 Å². The first-order valence-electron chi connectivity index (χ1n) is 7.07. The second-order valence-electron chi connectivity index (χ2n) is 5.29. The standard InChI is InChI=1S/C18H20O4/c1-12-2-4-13(5-3-12)6-8-15(18(22)11-19)14-7-9-16(20)17(21)10-14/h2-10,15,18-22H,11H2,1H3/t15-,18+/m0/s1. The van der Waals surface area contributed by atoms with E-state index in [1.54, 1.807) is 12.1 Å². The zero-order valence-corrected chi connectivity index (χ0v) is 12.3. The van der Waals surface area contributed by atoms with Crippen molar-refractivity contribution >= 4 is 6.08 Å². The summed E-state index contributed by atoms with van der Waals surface area (Å²) >= 11 is 0. The largest absolute Gasteiger partial charge is 0.504 e. The Morgan fingerprint density at radius 1 is 1.00 bits per heavy atom. The number of aliphatic hydroxyl groups is 2. The molecule has 2 atom stereocenters. The molecule has 116 valence electrons.